The predicted molar refractivity (Wildman–Crippen MR) is 80.4 cm³/mol. The Bertz CT molecular complexity index is 488. The molecular weight excluding hydrogens is 260 g/mol. The third-order valence-electron chi connectivity index (χ3n) is 2.91. The van der Waals surface area contributed by atoms with Crippen molar-refractivity contribution in [3.8, 4) is 0 Å². The maximum atomic E-state index is 5.50. The van der Waals surface area contributed by atoms with Gasteiger partial charge in [-0.2, -0.15) is 0 Å². The quantitative estimate of drug-likeness (QED) is 0.718. The molecule has 0 N–H and O–H groups in total. The molecule has 1 heterocycles. The van der Waals surface area contributed by atoms with Gasteiger partial charge in [-0.3, -0.25) is 0 Å². The van der Waals surface area contributed by atoms with E-state index in [-0.39, 0.29) is 5.60 Å². The van der Waals surface area contributed by atoms with Gasteiger partial charge in [0.1, 0.15) is 0 Å². The third kappa shape index (κ3) is 3.37. The lowest BCUT2D eigenvalue weighted by Gasteiger charge is -2.20. The number of benzene rings is 1. The Hall–Kier alpha value is -0.770. The SMILES string of the molecule is COC(C)(C)c1ccc(SCc2ccccc2)s1. The highest BCUT2D eigenvalue weighted by Crippen LogP contribution is 2.36. The molecule has 0 spiro atoms. The van der Waals surface area contributed by atoms with Gasteiger partial charge in [0.15, 0.2) is 0 Å². The summed E-state index contributed by atoms with van der Waals surface area (Å²) in [4.78, 5) is 1.28. The van der Waals surface area contributed by atoms with Crippen LogP contribution >= 0.6 is 23.1 Å². The van der Waals surface area contributed by atoms with Gasteiger partial charge in [0.05, 0.1) is 9.81 Å². The molecule has 0 bridgehead atoms. The minimum Gasteiger partial charge on any atom is -0.373 e. The van der Waals surface area contributed by atoms with Crippen LogP contribution in [-0.2, 0) is 16.1 Å². The second kappa shape index (κ2) is 5.91. The molecule has 3 heteroatoms. The Kier molecular flexibility index (Phi) is 4.49. The average molecular weight is 278 g/mol. The van der Waals surface area contributed by atoms with Gasteiger partial charge in [-0.15, -0.1) is 23.1 Å². The Morgan fingerprint density at radius 3 is 2.50 bits per heavy atom. The van der Waals surface area contributed by atoms with E-state index in [1.165, 1.54) is 14.6 Å². The second-order valence-electron chi connectivity index (χ2n) is 4.61. The number of rotatable bonds is 5. The Morgan fingerprint density at radius 1 is 1.11 bits per heavy atom. The molecule has 0 aliphatic carbocycles. The van der Waals surface area contributed by atoms with Crippen LogP contribution in [0.1, 0.15) is 24.3 Å². The van der Waals surface area contributed by atoms with E-state index in [1.807, 2.05) is 23.1 Å². The molecule has 0 saturated heterocycles. The maximum absolute atomic E-state index is 5.50. The zero-order valence-corrected chi connectivity index (χ0v) is 12.6. The average Bonchev–Trinajstić information content (AvgIpc) is 2.87. The fourth-order valence-electron chi connectivity index (χ4n) is 1.55. The highest BCUT2D eigenvalue weighted by Gasteiger charge is 2.21. The van der Waals surface area contributed by atoms with Crippen molar-refractivity contribution >= 4 is 23.1 Å². The minimum atomic E-state index is -0.184. The number of hydrogen-bond donors (Lipinski definition) is 0. The molecule has 96 valence electrons. The van der Waals surface area contributed by atoms with Crippen molar-refractivity contribution in [1.29, 1.82) is 0 Å². The van der Waals surface area contributed by atoms with E-state index in [9.17, 15) is 0 Å². The van der Waals surface area contributed by atoms with Crippen LogP contribution in [0.4, 0.5) is 0 Å². The van der Waals surface area contributed by atoms with Crippen LogP contribution in [0, 0.1) is 0 Å². The number of methoxy groups -OCH3 is 1. The molecule has 2 rings (SSSR count). The van der Waals surface area contributed by atoms with Gasteiger partial charge in [0.2, 0.25) is 0 Å². The van der Waals surface area contributed by atoms with Crippen molar-refractivity contribution in [3.63, 3.8) is 0 Å². The molecule has 0 aliphatic heterocycles. The summed E-state index contributed by atoms with van der Waals surface area (Å²) in [5, 5.41) is 0. The Morgan fingerprint density at radius 2 is 1.83 bits per heavy atom. The van der Waals surface area contributed by atoms with Crippen LogP contribution in [0.25, 0.3) is 0 Å². The number of hydrogen-bond acceptors (Lipinski definition) is 3. The molecule has 1 aromatic carbocycles. The van der Waals surface area contributed by atoms with E-state index in [0.29, 0.717) is 0 Å². The van der Waals surface area contributed by atoms with Crippen molar-refractivity contribution in [1.82, 2.24) is 0 Å². The first-order valence-corrected chi connectivity index (χ1v) is 7.74. The summed E-state index contributed by atoms with van der Waals surface area (Å²) >= 11 is 3.71. The van der Waals surface area contributed by atoms with Crippen LogP contribution < -0.4 is 0 Å². The standard InChI is InChI=1S/C15H18OS2/c1-15(2,16-3)13-9-10-14(18-13)17-11-12-7-5-4-6-8-12/h4-10H,11H2,1-3H3. The Labute approximate surface area is 117 Å². The molecule has 0 atom stereocenters. The molecule has 18 heavy (non-hydrogen) atoms. The fraction of sp³-hybridized carbons (Fsp3) is 0.333. The molecule has 0 unspecified atom stereocenters. The lowest BCUT2D eigenvalue weighted by atomic mass is 10.1. The summed E-state index contributed by atoms with van der Waals surface area (Å²) in [6.45, 7) is 4.20. The molecule has 2 aromatic rings. The molecule has 1 aromatic heterocycles. The maximum Gasteiger partial charge on any atom is 0.0963 e. The number of thiophene rings is 1. The van der Waals surface area contributed by atoms with Crippen molar-refractivity contribution in [2.75, 3.05) is 7.11 Å². The third-order valence-corrected chi connectivity index (χ3v) is 5.60. The van der Waals surface area contributed by atoms with Crippen LogP contribution in [0.3, 0.4) is 0 Å². The van der Waals surface area contributed by atoms with E-state index in [1.54, 1.807) is 7.11 Å². The fourth-order valence-corrected chi connectivity index (χ4v) is 3.72. The lowest BCUT2D eigenvalue weighted by Crippen LogP contribution is -2.17. The lowest BCUT2D eigenvalue weighted by molar-refractivity contribution is 0.0224. The summed E-state index contributed by atoms with van der Waals surface area (Å²) in [7, 11) is 1.76. The molecular formula is C15H18OS2. The largest absolute Gasteiger partial charge is 0.373 e. The molecule has 1 nitrogen and oxygen atoms in total. The first kappa shape index (κ1) is 13.7. The summed E-state index contributed by atoms with van der Waals surface area (Å²) < 4.78 is 6.85. The van der Waals surface area contributed by atoms with Crippen molar-refractivity contribution in [2.24, 2.45) is 0 Å². The number of ether oxygens (including phenoxy) is 1. The Balaban J connectivity index is 1.99. The van der Waals surface area contributed by atoms with E-state index >= 15 is 0 Å². The van der Waals surface area contributed by atoms with Crippen LogP contribution in [0.5, 0.6) is 0 Å². The topological polar surface area (TPSA) is 9.23 Å². The molecule has 0 radical (unpaired) electrons. The molecule has 0 saturated carbocycles. The van der Waals surface area contributed by atoms with Crippen LogP contribution in [0.2, 0.25) is 0 Å². The normalized spacial score (nSPS) is 11.7. The van der Waals surface area contributed by atoms with Gasteiger partial charge in [0, 0.05) is 17.7 Å². The summed E-state index contributed by atoms with van der Waals surface area (Å²) in [6.07, 6.45) is 0. The highest BCUT2D eigenvalue weighted by molar-refractivity contribution is 8.00. The van der Waals surface area contributed by atoms with E-state index in [4.69, 9.17) is 4.74 Å². The summed E-state index contributed by atoms with van der Waals surface area (Å²) in [6, 6.07) is 14.9. The van der Waals surface area contributed by atoms with Gasteiger partial charge in [0.25, 0.3) is 0 Å². The van der Waals surface area contributed by atoms with Crippen molar-refractivity contribution in [2.45, 2.75) is 29.4 Å². The van der Waals surface area contributed by atoms with Crippen LogP contribution in [0.15, 0.2) is 46.7 Å². The van der Waals surface area contributed by atoms with Gasteiger partial charge in [-0.25, -0.2) is 0 Å². The van der Waals surface area contributed by atoms with Gasteiger partial charge in [-0.05, 0) is 31.5 Å². The summed E-state index contributed by atoms with van der Waals surface area (Å²) in [5.41, 5.74) is 1.18. The molecule has 0 amide bonds. The zero-order chi connectivity index (χ0) is 13.0. The number of thioether (sulfide) groups is 1. The molecule has 0 aliphatic rings. The van der Waals surface area contributed by atoms with E-state index in [2.05, 4.69) is 56.3 Å². The monoisotopic (exact) mass is 278 g/mol. The highest BCUT2D eigenvalue weighted by atomic mass is 32.2. The minimum absolute atomic E-state index is 0.184. The van der Waals surface area contributed by atoms with Gasteiger partial charge in [-0.1, -0.05) is 30.3 Å². The van der Waals surface area contributed by atoms with Crippen LogP contribution in [-0.4, -0.2) is 7.11 Å². The van der Waals surface area contributed by atoms with Gasteiger partial charge < -0.3 is 4.74 Å². The first-order chi connectivity index (χ1) is 8.62. The first-order valence-electron chi connectivity index (χ1n) is 5.94. The van der Waals surface area contributed by atoms with Crippen molar-refractivity contribution < 1.29 is 4.74 Å². The van der Waals surface area contributed by atoms with E-state index in [0.717, 1.165) is 5.75 Å². The van der Waals surface area contributed by atoms with Gasteiger partial charge >= 0.3 is 0 Å². The summed E-state index contributed by atoms with van der Waals surface area (Å²) in [5.74, 6) is 1.02. The van der Waals surface area contributed by atoms with E-state index < -0.39 is 0 Å². The zero-order valence-electron chi connectivity index (χ0n) is 11.0. The smallest absolute Gasteiger partial charge is 0.0963 e. The predicted octanol–water partition coefficient (Wildman–Crippen LogP) is 4.92. The molecule has 0 fully saturated rings. The second-order valence-corrected chi connectivity index (χ2v) is 6.97. The van der Waals surface area contributed by atoms with Crippen molar-refractivity contribution in [3.05, 3.63) is 52.9 Å².